The normalized spacial score (nSPS) is 22.6. The van der Waals surface area contributed by atoms with Crippen LogP contribution in [0.5, 0.6) is 0 Å². The highest BCUT2D eigenvalue weighted by Gasteiger charge is 2.24. The number of guanidine groups is 1. The van der Waals surface area contributed by atoms with E-state index in [2.05, 4.69) is 20.5 Å². The molecule has 2 N–H and O–H groups in total. The second-order valence-corrected chi connectivity index (χ2v) is 7.11. The lowest BCUT2D eigenvalue weighted by atomic mass is 10.0. The van der Waals surface area contributed by atoms with Gasteiger partial charge in [-0.2, -0.15) is 0 Å². The van der Waals surface area contributed by atoms with Crippen molar-refractivity contribution in [3.05, 3.63) is 35.4 Å². The van der Waals surface area contributed by atoms with Crippen molar-refractivity contribution in [3.8, 4) is 0 Å². The van der Waals surface area contributed by atoms with Crippen LogP contribution in [0.15, 0.2) is 23.2 Å². The molecule has 26 heavy (non-hydrogen) atoms. The van der Waals surface area contributed by atoms with Gasteiger partial charge in [0.1, 0.15) is 11.6 Å². The fourth-order valence-electron chi connectivity index (χ4n) is 3.60. The number of piperidine rings is 1. The fourth-order valence-corrected chi connectivity index (χ4v) is 3.60. The summed E-state index contributed by atoms with van der Waals surface area (Å²) in [7, 11) is 1.69. The molecular weight excluding hydrogens is 338 g/mol. The number of ether oxygens (including phenoxy) is 1. The molecule has 1 aromatic carbocycles. The van der Waals surface area contributed by atoms with Crippen molar-refractivity contribution in [3.63, 3.8) is 0 Å². The van der Waals surface area contributed by atoms with Crippen LogP contribution in [-0.4, -0.2) is 56.8 Å². The number of benzene rings is 1. The third-order valence-corrected chi connectivity index (χ3v) is 5.15. The Morgan fingerprint density at radius 2 is 2.08 bits per heavy atom. The Morgan fingerprint density at radius 3 is 2.77 bits per heavy atom. The number of rotatable bonds is 5. The van der Waals surface area contributed by atoms with Gasteiger partial charge in [0, 0.05) is 51.4 Å². The van der Waals surface area contributed by atoms with Gasteiger partial charge >= 0.3 is 0 Å². The highest BCUT2D eigenvalue weighted by atomic mass is 19.1. The van der Waals surface area contributed by atoms with Gasteiger partial charge in [-0.15, -0.1) is 0 Å². The van der Waals surface area contributed by atoms with E-state index in [4.69, 9.17) is 4.74 Å². The molecule has 0 aromatic heterocycles. The van der Waals surface area contributed by atoms with E-state index < -0.39 is 11.6 Å². The Balaban J connectivity index is 1.42. The van der Waals surface area contributed by atoms with Crippen molar-refractivity contribution in [1.82, 2.24) is 15.5 Å². The van der Waals surface area contributed by atoms with Crippen molar-refractivity contribution < 1.29 is 13.5 Å². The zero-order valence-corrected chi connectivity index (χ0v) is 15.3. The summed E-state index contributed by atoms with van der Waals surface area (Å²) in [5.41, 5.74) is 0.293. The summed E-state index contributed by atoms with van der Waals surface area (Å²) in [6, 6.07) is 3.82. The number of aliphatic imine (C=N–C) groups is 1. The minimum atomic E-state index is -0.439. The van der Waals surface area contributed by atoms with Gasteiger partial charge in [0.05, 0.1) is 6.61 Å². The molecule has 3 rings (SSSR count). The first-order valence-corrected chi connectivity index (χ1v) is 9.35. The molecule has 2 heterocycles. The molecule has 2 aliphatic rings. The molecule has 5 nitrogen and oxygen atoms in total. The summed E-state index contributed by atoms with van der Waals surface area (Å²) < 4.78 is 32.4. The molecule has 0 amide bonds. The van der Waals surface area contributed by atoms with Crippen molar-refractivity contribution in [2.75, 3.05) is 39.9 Å². The van der Waals surface area contributed by atoms with Crippen LogP contribution in [0.3, 0.4) is 0 Å². The fraction of sp³-hybridized carbons (Fsp3) is 0.632. The molecule has 7 heteroatoms. The highest BCUT2D eigenvalue weighted by molar-refractivity contribution is 5.79. The third-order valence-electron chi connectivity index (χ3n) is 5.15. The van der Waals surface area contributed by atoms with Crippen LogP contribution in [0.4, 0.5) is 8.78 Å². The molecular formula is C19H28F2N4O. The number of hydrogen-bond donors (Lipinski definition) is 2. The molecule has 0 spiro atoms. The van der Waals surface area contributed by atoms with E-state index in [1.807, 2.05) is 0 Å². The molecule has 1 atom stereocenters. The van der Waals surface area contributed by atoms with Crippen LogP contribution >= 0.6 is 0 Å². The molecule has 0 aliphatic carbocycles. The van der Waals surface area contributed by atoms with Gasteiger partial charge in [-0.1, -0.05) is 0 Å². The number of halogens is 2. The summed E-state index contributed by atoms with van der Waals surface area (Å²) in [4.78, 5) is 6.71. The van der Waals surface area contributed by atoms with E-state index in [0.29, 0.717) is 23.5 Å². The monoisotopic (exact) mass is 366 g/mol. The maximum Gasteiger partial charge on any atom is 0.191 e. The van der Waals surface area contributed by atoms with Crippen molar-refractivity contribution in [2.45, 2.75) is 31.8 Å². The predicted octanol–water partition coefficient (Wildman–Crippen LogP) is 2.13. The van der Waals surface area contributed by atoms with Gasteiger partial charge in [-0.05, 0) is 43.4 Å². The van der Waals surface area contributed by atoms with Gasteiger partial charge in [0.15, 0.2) is 5.96 Å². The molecule has 144 valence electrons. The van der Waals surface area contributed by atoms with E-state index >= 15 is 0 Å². The van der Waals surface area contributed by atoms with Gasteiger partial charge in [0.25, 0.3) is 0 Å². The second-order valence-electron chi connectivity index (χ2n) is 7.11. The molecule has 2 saturated heterocycles. The predicted molar refractivity (Wildman–Crippen MR) is 98.1 cm³/mol. The first-order chi connectivity index (χ1) is 12.6. The van der Waals surface area contributed by atoms with Gasteiger partial charge in [-0.25, -0.2) is 8.78 Å². The topological polar surface area (TPSA) is 48.9 Å². The van der Waals surface area contributed by atoms with Crippen LogP contribution in [0.1, 0.15) is 24.8 Å². The standard InChI is InChI=1S/C19H28F2N4O/c1-22-19(23-11-15-10-16(20)2-3-18(15)21)24-17-4-7-25(8-5-17)12-14-6-9-26-13-14/h2-3,10,14,17H,4-9,11-13H2,1H3,(H2,22,23,24). The number of nitrogens with one attached hydrogen (secondary N) is 2. The Hall–Kier alpha value is -1.73. The number of hydrogen-bond acceptors (Lipinski definition) is 3. The van der Waals surface area contributed by atoms with E-state index in [1.165, 1.54) is 12.5 Å². The van der Waals surface area contributed by atoms with Gasteiger partial charge < -0.3 is 20.3 Å². The van der Waals surface area contributed by atoms with Crippen LogP contribution in [-0.2, 0) is 11.3 Å². The number of nitrogens with zero attached hydrogens (tertiary/aromatic N) is 2. The van der Waals surface area contributed by atoms with Crippen LogP contribution in [0.25, 0.3) is 0 Å². The minimum absolute atomic E-state index is 0.198. The van der Waals surface area contributed by atoms with E-state index in [0.717, 1.165) is 57.8 Å². The Bertz CT molecular complexity index is 612. The summed E-state index contributed by atoms with van der Waals surface area (Å²) >= 11 is 0. The average Bonchev–Trinajstić information content (AvgIpc) is 3.15. The van der Waals surface area contributed by atoms with Crippen molar-refractivity contribution in [1.29, 1.82) is 0 Å². The van der Waals surface area contributed by atoms with Crippen molar-refractivity contribution >= 4 is 5.96 Å². The first-order valence-electron chi connectivity index (χ1n) is 9.35. The molecule has 0 bridgehead atoms. The maximum absolute atomic E-state index is 13.7. The maximum atomic E-state index is 13.7. The number of likely N-dealkylation sites (tertiary alicyclic amines) is 1. The largest absolute Gasteiger partial charge is 0.381 e. The van der Waals surface area contributed by atoms with E-state index in [-0.39, 0.29) is 6.54 Å². The minimum Gasteiger partial charge on any atom is -0.381 e. The van der Waals surface area contributed by atoms with E-state index in [9.17, 15) is 8.78 Å². The average molecular weight is 366 g/mol. The zero-order chi connectivity index (χ0) is 18.4. The second kappa shape index (κ2) is 9.28. The molecule has 1 unspecified atom stereocenters. The molecule has 0 radical (unpaired) electrons. The molecule has 0 saturated carbocycles. The summed E-state index contributed by atoms with van der Waals surface area (Å²) in [5, 5.41) is 6.47. The highest BCUT2D eigenvalue weighted by Crippen LogP contribution is 2.17. The summed E-state index contributed by atoms with van der Waals surface area (Å²) in [5.74, 6) is 0.441. The third kappa shape index (κ3) is 5.38. The lowest BCUT2D eigenvalue weighted by Crippen LogP contribution is -2.49. The SMILES string of the molecule is CN=C(NCc1cc(F)ccc1F)NC1CCN(CC2CCOC2)CC1. The molecule has 2 aliphatic heterocycles. The van der Waals surface area contributed by atoms with Crippen molar-refractivity contribution in [2.24, 2.45) is 10.9 Å². The summed E-state index contributed by atoms with van der Waals surface area (Å²) in [6.07, 6.45) is 3.26. The van der Waals surface area contributed by atoms with Crippen LogP contribution in [0, 0.1) is 17.6 Å². The Labute approximate surface area is 153 Å². The molecule has 1 aromatic rings. The first kappa shape index (κ1) is 19.0. The lowest BCUT2D eigenvalue weighted by Gasteiger charge is -2.34. The van der Waals surface area contributed by atoms with Gasteiger partial charge in [0.2, 0.25) is 0 Å². The Morgan fingerprint density at radius 1 is 1.27 bits per heavy atom. The smallest absolute Gasteiger partial charge is 0.191 e. The Kier molecular flexibility index (Phi) is 6.80. The van der Waals surface area contributed by atoms with Crippen LogP contribution in [0.2, 0.25) is 0 Å². The zero-order valence-electron chi connectivity index (χ0n) is 15.3. The van der Waals surface area contributed by atoms with Gasteiger partial charge in [-0.3, -0.25) is 4.99 Å². The lowest BCUT2D eigenvalue weighted by molar-refractivity contribution is 0.150. The summed E-state index contributed by atoms with van der Waals surface area (Å²) in [6.45, 7) is 5.23. The van der Waals surface area contributed by atoms with E-state index in [1.54, 1.807) is 7.05 Å². The quantitative estimate of drug-likeness (QED) is 0.619. The molecule has 2 fully saturated rings. The van der Waals surface area contributed by atoms with Crippen LogP contribution < -0.4 is 10.6 Å².